The van der Waals surface area contributed by atoms with Gasteiger partial charge in [0, 0.05) is 12.2 Å². The number of rotatable bonds is 3. The molecule has 0 saturated carbocycles. The highest BCUT2D eigenvalue weighted by Gasteiger charge is 2.35. The third-order valence-corrected chi connectivity index (χ3v) is 5.60. The maximum Gasteiger partial charge on any atom is 0.322 e. The molecule has 0 aromatic heterocycles. The highest BCUT2D eigenvalue weighted by atomic mass is 19.1. The molecule has 2 aliphatic rings. The van der Waals surface area contributed by atoms with Crippen LogP contribution in [0.2, 0.25) is 0 Å². The molecule has 1 fully saturated rings. The molecule has 28 heavy (non-hydrogen) atoms. The smallest absolute Gasteiger partial charge is 0.322 e. The fraction of sp³-hybridized carbons (Fsp3) is 0.364. The van der Waals surface area contributed by atoms with Crippen LogP contribution in [0.1, 0.15) is 42.9 Å². The summed E-state index contributed by atoms with van der Waals surface area (Å²) in [5.74, 6) is -0.461. The Morgan fingerprint density at radius 2 is 1.79 bits per heavy atom. The second-order valence-corrected chi connectivity index (χ2v) is 7.44. The van der Waals surface area contributed by atoms with Gasteiger partial charge in [0.15, 0.2) is 0 Å². The van der Waals surface area contributed by atoms with Crippen LogP contribution in [0.15, 0.2) is 48.5 Å². The van der Waals surface area contributed by atoms with Gasteiger partial charge in [-0.15, -0.1) is 0 Å². The van der Waals surface area contributed by atoms with Crippen LogP contribution in [-0.2, 0) is 11.2 Å². The quantitative estimate of drug-likeness (QED) is 0.844. The van der Waals surface area contributed by atoms with Crippen LogP contribution in [0.25, 0.3) is 0 Å². The summed E-state index contributed by atoms with van der Waals surface area (Å²) in [6.07, 6.45) is 4.43. The molecule has 3 amide bonds. The number of benzene rings is 2. The average Bonchev–Trinajstić information content (AvgIpc) is 3.20. The van der Waals surface area contributed by atoms with Crippen molar-refractivity contribution in [2.75, 3.05) is 11.9 Å². The molecule has 1 aliphatic carbocycles. The van der Waals surface area contributed by atoms with Gasteiger partial charge in [0.05, 0.1) is 6.04 Å². The minimum Gasteiger partial charge on any atom is -0.347 e. The Labute approximate surface area is 163 Å². The monoisotopic (exact) mass is 381 g/mol. The van der Waals surface area contributed by atoms with Gasteiger partial charge in [-0.3, -0.25) is 4.79 Å². The van der Waals surface area contributed by atoms with Crippen LogP contribution in [0.5, 0.6) is 0 Å². The standard InChI is InChI=1S/C22H24FN3O2/c23-16-10-12-17(13-11-16)24-22(28)26-14-4-9-20(26)21(27)25-19-8-3-6-15-5-1-2-7-18(15)19/h1-2,5,7,10-13,19-20H,3-4,6,8-9,14H2,(H,24,28)(H,25,27)/t19-,20-/m1/s1. The van der Waals surface area contributed by atoms with Crippen LogP contribution in [0.3, 0.4) is 0 Å². The second-order valence-electron chi connectivity index (χ2n) is 7.44. The molecule has 0 spiro atoms. The molecule has 2 aromatic rings. The predicted octanol–water partition coefficient (Wildman–Crippen LogP) is 4.02. The van der Waals surface area contributed by atoms with Gasteiger partial charge in [-0.2, -0.15) is 0 Å². The van der Waals surface area contributed by atoms with Gasteiger partial charge in [-0.25, -0.2) is 9.18 Å². The zero-order chi connectivity index (χ0) is 19.5. The summed E-state index contributed by atoms with van der Waals surface area (Å²) in [6.45, 7) is 0.534. The number of halogens is 1. The lowest BCUT2D eigenvalue weighted by molar-refractivity contribution is -0.125. The summed E-state index contributed by atoms with van der Waals surface area (Å²) in [5.41, 5.74) is 2.98. The molecule has 5 nitrogen and oxygen atoms in total. The largest absolute Gasteiger partial charge is 0.347 e. The fourth-order valence-corrected chi connectivity index (χ4v) is 4.18. The summed E-state index contributed by atoms with van der Waals surface area (Å²) in [7, 11) is 0. The van der Waals surface area contributed by atoms with E-state index < -0.39 is 6.04 Å². The maximum atomic E-state index is 13.0. The Kier molecular flexibility index (Phi) is 5.28. The zero-order valence-corrected chi connectivity index (χ0v) is 15.7. The third-order valence-electron chi connectivity index (χ3n) is 5.60. The van der Waals surface area contributed by atoms with E-state index in [2.05, 4.69) is 22.8 Å². The van der Waals surface area contributed by atoms with E-state index in [9.17, 15) is 14.0 Å². The molecule has 0 radical (unpaired) electrons. The van der Waals surface area contributed by atoms with Crippen molar-refractivity contribution in [3.8, 4) is 0 Å². The number of nitrogens with zero attached hydrogens (tertiary/aromatic N) is 1. The van der Waals surface area contributed by atoms with Crippen molar-refractivity contribution in [1.29, 1.82) is 0 Å². The van der Waals surface area contributed by atoms with E-state index in [0.29, 0.717) is 18.7 Å². The second kappa shape index (κ2) is 8.00. The Morgan fingerprint density at radius 3 is 2.61 bits per heavy atom. The van der Waals surface area contributed by atoms with E-state index >= 15 is 0 Å². The molecule has 2 atom stereocenters. The van der Waals surface area contributed by atoms with Gasteiger partial charge >= 0.3 is 6.03 Å². The first-order chi connectivity index (χ1) is 13.6. The zero-order valence-electron chi connectivity index (χ0n) is 15.7. The number of likely N-dealkylation sites (tertiary alicyclic amines) is 1. The molecule has 1 saturated heterocycles. The first-order valence-corrected chi connectivity index (χ1v) is 9.83. The Hall–Kier alpha value is -2.89. The van der Waals surface area contributed by atoms with E-state index in [-0.39, 0.29) is 23.8 Å². The summed E-state index contributed by atoms with van der Waals surface area (Å²) >= 11 is 0. The molecule has 2 aromatic carbocycles. The van der Waals surface area contributed by atoms with E-state index in [1.54, 1.807) is 4.90 Å². The molecular formula is C22H24FN3O2. The molecule has 146 valence electrons. The van der Waals surface area contributed by atoms with E-state index in [4.69, 9.17) is 0 Å². The summed E-state index contributed by atoms with van der Waals surface area (Å²) in [5, 5.41) is 5.92. The van der Waals surface area contributed by atoms with Crippen molar-refractivity contribution >= 4 is 17.6 Å². The van der Waals surface area contributed by atoms with Crippen LogP contribution in [-0.4, -0.2) is 29.4 Å². The van der Waals surface area contributed by atoms with Crippen molar-refractivity contribution in [1.82, 2.24) is 10.2 Å². The minimum atomic E-state index is -0.477. The lowest BCUT2D eigenvalue weighted by Crippen LogP contribution is -2.48. The van der Waals surface area contributed by atoms with Gasteiger partial charge in [0.25, 0.3) is 0 Å². The molecule has 1 heterocycles. The fourth-order valence-electron chi connectivity index (χ4n) is 4.18. The van der Waals surface area contributed by atoms with Crippen molar-refractivity contribution in [3.05, 3.63) is 65.5 Å². The van der Waals surface area contributed by atoms with Crippen molar-refractivity contribution in [2.24, 2.45) is 0 Å². The van der Waals surface area contributed by atoms with Crippen molar-refractivity contribution < 1.29 is 14.0 Å². The average molecular weight is 381 g/mol. The van der Waals surface area contributed by atoms with Gasteiger partial charge in [-0.05, 0) is 67.5 Å². The highest BCUT2D eigenvalue weighted by Crippen LogP contribution is 2.30. The number of anilines is 1. The molecule has 0 unspecified atom stereocenters. The van der Waals surface area contributed by atoms with Crippen LogP contribution in [0, 0.1) is 5.82 Å². The Morgan fingerprint density at radius 1 is 1.00 bits per heavy atom. The van der Waals surface area contributed by atoms with E-state index in [1.807, 2.05) is 12.1 Å². The molecule has 4 rings (SSSR count). The van der Waals surface area contributed by atoms with Gasteiger partial charge in [-0.1, -0.05) is 24.3 Å². The topological polar surface area (TPSA) is 61.4 Å². The van der Waals surface area contributed by atoms with E-state index in [1.165, 1.54) is 35.4 Å². The number of hydrogen-bond acceptors (Lipinski definition) is 2. The number of fused-ring (bicyclic) bond motifs is 1. The lowest BCUT2D eigenvalue weighted by Gasteiger charge is -2.30. The molecule has 0 bridgehead atoms. The summed E-state index contributed by atoms with van der Waals surface area (Å²) in [4.78, 5) is 27.2. The summed E-state index contributed by atoms with van der Waals surface area (Å²) in [6, 6.07) is 13.0. The predicted molar refractivity (Wildman–Crippen MR) is 105 cm³/mol. The molecule has 6 heteroatoms. The first kappa shape index (κ1) is 18.5. The number of aryl methyl sites for hydroxylation is 1. The number of hydrogen-bond donors (Lipinski definition) is 2. The minimum absolute atomic E-state index is 0.0000553. The normalized spacial score (nSPS) is 21.1. The molecule has 2 N–H and O–H groups in total. The first-order valence-electron chi connectivity index (χ1n) is 9.83. The van der Waals surface area contributed by atoms with Gasteiger partial charge in [0.2, 0.25) is 5.91 Å². The maximum absolute atomic E-state index is 13.0. The SMILES string of the molecule is O=C(N[C@@H]1CCCc2ccccc21)[C@H]1CCCN1C(=O)Nc1ccc(F)cc1. The molecular weight excluding hydrogens is 357 g/mol. The van der Waals surface area contributed by atoms with Crippen LogP contribution < -0.4 is 10.6 Å². The summed E-state index contributed by atoms with van der Waals surface area (Å²) < 4.78 is 13.0. The number of carbonyl (C=O) groups is 2. The third kappa shape index (κ3) is 3.86. The van der Waals surface area contributed by atoms with Crippen LogP contribution >= 0.6 is 0 Å². The number of urea groups is 1. The Bertz CT molecular complexity index is 868. The van der Waals surface area contributed by atoms with Crippen molar-refractivity contribution in [2.45, 2.75) is 44.2 Å². The number of nitrogens with one attached hydrogen (secondary N) is 2. The Balaban J connectivity index is 1.42. The van der Waals surface area contributed by atoms with Crippen LogP contribution in [0.4, 0.5) is 14.9 Å². The van der Waals surface area contributed by atoms with Gasteiger partial charge < -0.3 is 15.5 Å². The lowest BCUT2D eigenvalue weighted by atomic mass is 9.87. The van der Waals surface area contributed by atoms with Crippen molar-refractivity contribution in [3.63, 3.8) is 0 Å². The number of carbonyl (C=O) groups excluding carboxylic acids is 2. The molecule has 1 aliphatic heterocycles. The van der Waals surface area contributed by atoms with E-state index in [0.717, 1.165) is 25.7 Å². The highest BCUT2D eigenvalue weighted by molar-refractivity contribution is 5.94. The van der Waals surface area contributed by atoms with Gasteiger partial charge in [0.1, 0.15) is 11.9 Å². The number of amides is 3.